The van der Waals surface area contributed by atoms with E-state index in [1.54, 1.807) is 30.3 Å². The number of nitrogens with zero attached hydrogens (tertiary/aromatic N) is 1. The van der Waals surface area contributed by atoms with Gasteiger partial charge in [0.1, 0.15) is 0 Å². The van der Waals surface area contributed by atoms with Crippen molar-refractivity contribution in [1.82, 2.24) is 5.32 Å². The third-order valence-corrected chi connectivity index (χ3v) is 6.02. The molecule has 1 fully saturated rings. The van der Waals surface area contributed by atoms with E-state index >= 15 is 0 Å². The number of carbonyl (C=O) groups excluding carboxylic acids is 1. The Bertz CT molecular complexity index is 1070. The lowest BCUT2D eigenvalue weighted by Gasteiger charge is -2.33. The van der Waals surface area contributed by atoms with Crippen LogP contribution in [0, 0.1) is 5.92 Å². The number of rotatable bonds is 6. The largest absolute Gasteiger partial charge is 0.481 e. The lowest BCUT2D eigenvalue weighted by Crippen LogP contribution is -2.49. The van der Waals surface area contributed by atoms with Crippen molar-refractivity contribution in [3.05, 3.63) is 72.1 Å². The molecular weight excluding hydrogens is 451 g/mol. The molecule has 0 aromatic heterocycles. The Labute approximate surface area is 194 Å². The number of carboxylic acids is 1. The van der Waals surface area contributed by atoms with Gasteiger partial charge in [-0.25, -0.2) is 0 Å². The minimum atomic E-state index is -4.75. The van der Waals surface area contributed by atoms with Gasteiger partial charge in [-0.05, 0) is 43.0 Å². The predicted molar refractivity (Wildman–Crippen MR) is 119 cm³/mol. The number of allylic oxidation sites excluding steroid dienone is 1. The number of piperidine rings is 1. The van der Waals surface area contributed by atoms with Gasteiger partial charge in [0.25, 0.3) is 11.6 Å². The standard InChI is InChI=1S/C24H24F3N3O4/c25-24(26,27)20-15-28-23(34-20,17-4-2-1-3-5-17)22(33)29-18-6-8-19(9-7-18)30-12-10-16(11-13-30)14-21(31)32/h1-9,15-16,28H,10-14H2,(H,29,33)(H,31,32). The van der Waals surface area contributed by atoms with Crippen LogP contribution in [0.1, 0.15) is 24.8 Å². The van der Waals surface area contributed by atoms with E-state index in [2.05, 4.69) is 15.5 Å². The quantitative estimate of drug-likeness (QED) is 0.581. The van der Waals surface area contributed by atoms with Gasteiger partial charge < -0.3 is 25.4 Å². The summed E-state index contributed by atoms with van der Waals surface area (Å²) in [6, 6.07) is 14.9. The molecule has 4 rings (SSSR count). The van der Waals surface area contributed by atoms with E-state index in [0.717, 1.165) is 31.6 Å². The SMILES string of the molecule is O=C(O)CC1CCN(c2ccc(NC(=O)C3(c4ccccc4)NC=C(C(F)(F)F)O3)cc2)CC1. The fourth-order valence-electron chi connectivity index (χ4n) is 4.21. The lowest BCUT2D eigenvalue weighted by atomic mass is 9.93. The Balaban J connectivity index is 1.45. The van der Waals surface area contributed by atoms with Crippen LogP contribution < -0.4 is 15.5 Å². The number of carbonyl (C=O) groups is 2. The molecule has 0 radical (unpaired) electrons. The van der Waals surface area contributed by atoms with Crippen molar-refractivity contribution in [3.63, 3.8) is 0 Å². The molecule has 34 heavy (non-hydrogen) atoms. The maximum atomic E-state index is 13.2. The second-order valence-electron chi connectivity index (χ2n) is 8.33. The minimum absolute atomic E-state index is 0.163. The van der Waals surface area contributed by atoms with E-state index in [1.165, 1.54) is 12.1 Å². The third kappa shape index (κ3) is 4.95. The van der Waals surface area contributed by atoms with Crippen LogP contribution in [-0.4, -0.2) is 36.2 Å². The van der Waals surface area contributed by atoms with Gasteiger partial charge in [-0.3, -0.25) is 9.59 Å². The van der Waals surface area contributed by atoms with Gasteiger partial charge in [0.2, 0.25) is 5.76 Å². The average Bonchev–Trinajstić information content (AvgIpc) is 3.28. The van der Waals surface area contributed by atoms with E-state index in [9.17, 15) is 22.8 Å². The van der Waals surface area contributed by atoms with E-state index < -0.39 is 29.5 Å². The van der Waals surface area contributed by atoms with Crippen molar-refractivity contribution in [3.8, 4) is 0 Å². The first kappa shape index (κ1) is 23.5. The fraction of sp³-hybridized carbons (Fsp3) is 0.333. The number of anilines is 2. The summed E-state index contributed by atoms with van der Waals surface area (Å²) in [7, 11) is 0. The summed E-state index contributed by atoms with van der Waals surface area (Å²) in [5, 5.41) is 14.1. The number of halogens is 3. The molecule has 3 N–H and O–H groups in total. The molecule has 1 saturated heterocycles. The van der Waals surface area contributed by atoms with Crippen molar-refractivity contribution in [2.75, 3.05) is 23.3 Å². The predicted octanol–water partition coefficient (Wildman–Crippen LogP) is 4.19. The van der Waals surface area contributed by atoms with Crippen LogP contribution in [0.4, 0.5) is 24.5 Å². The maximum Gasteiger partial charge on any atom is 0.450 e. The topological polar surface area (TPSA) is 90.9 Å². The van der Waals surface area contributed by atoms with Crippen LogP contribution in [-0.2, 0) is 20.1 Å². The molecule has 2 aliphatic heterocycles. The summed E-state index contributed by atoms with van der Waals surface area (Å²) < 4.78 is 44.8. The summed E-state index contributed by atoms with van der Waals surface area (Å²) >= 11 is 0. The van der Waals surface area contributed by atoms with Crippen molar-refractivity contribution >= 4 is 23.3 Å². The van der Waals surface area contributed by atoms with Gasteiger partial charge in [-0.2, -0.15) is 13.2 Å². The monoisotopic (exact) mass is 475 g/mol. The molecule has 1 unspecified atom stereocenters. The summed E-state index contributed by atoms with van der Waals surface area (Å²) in [5.74, 6) is -2.70. The first-order chi connectivity index (χ1) is 16.2. The molecule has 0 bridgehead atoms. The Morgan fingerprint density at radius 3 is 2.29 bits per heavy atom. The highest BCUT2D eigenvalue weighted by Crippen LogP contribution is 2.38. The van der Waals surface area contributed by atoms with Crippen LogP contribution in [0.15, 0.2) is 66.6 Å². The number of aliphatic carboxylic acids is 1. The molecule has 1 atom stereocenters. The number of alkyl halides is 3. The molecular formula is C24H24F3N3O4. The van der Waals surface area contributed by atoms with Gasteiger partial charge in [0.15, 0.2) is 0 Å². The second-order valence-corrected chi connectivity index (χ2v) is 8.33. The molecule has 2 heterocycles. The Morgan fingerprint density at radius 1 is 1.09 bits per heavy atom. The highest BCUT2D eigenvalue weighted by atomic mass is 19.4. The van der Waals surface area contributed by atoms with Crippen LogP contribution >= 0.6 is 0 Å². The van der Waals surface area contributed by atoms with Crippen LogP contribution in [0.25, 0.3) is 0 Å². The van der Waals surface area contributed by atoms with Gasteiger partial charge in [0, 0.05) is 42.6 Å². The average molecular weight is 475 g/mol. The van der Waals surface area contributed by atoms with Crippen LogP contribution in [0.3, 0.4) is 0 Å². The molecule has 2 aromatic rings. The van der Waals surface area contributed by atoms with Crippen LogP contribution in [0.5, 0.6) is 0 Å². The number of hydrogen-bond acceptors (Lipinski definition) is 5. The zero-order valence-corrected chi connectivity index (χ0v) is 18.1. The molecule has 7 nitrogen and oxygen atoms in total. The Kier molecular flexibility index (Phi) is 6.41. The number of hydrogen-bond donors (Lipinski definition) is 3. The molecule has 10 heteroatoms. The molecule has 180 valence electrons. The molecule has 1 amide bonds. The molecule has 0 saturated carbocycles. The lowest BCUT2D eigenvalue weighted by molar-refractivity contribution is -0.163. The highest BCUT2D eigenvalue weighted by molar-refractivity contribution is 5.98. The van der Waals surface area contributed by atoms with Crippen molar-refractivity contribution < 1.29 is 32.6 Å². The molecule has 0 aliphatic carbocycles. The summed E-state index contributed by atoms with van der Waals surface area (Å²) in [4.78, 5) is 26.2. The molecule has 2 aliphatic rings. The minimum Gasteiger partial charge on any atom is -0.481 e. The fourth-order valence-corrected chi connectivity index (χ4v) is 4.21. The van der Waals surface area contributed by atoms with Gasteiger partial charge in [-0.15, -0.1) is 0 Å². The van der Waals surface area contributed by atoms with Crippen molar-refractivity contribution in [2.24, 2.45) is 5.92 Å². The zero-order valence-electron chi connectivity index (χ0n) is 18.1. The number of amides is 1. The van der Waals surface area contributed by atoms with Gasteiger partial charge in [-0.1, -0.05) is 30.3 Å². The Hall–Kier alpha value is -3.69. The zero-order chi connectivity index (χ0) is 24.3. The van der Waals surface area contributed by atoms with Crippen LogP contribution in [0.2, 0.25) is 0 Å². The van der Waals surface area contributed by atoms with Crippen molar-refractivity contribution in [1.29, 1.82) is 0 Å². The summed E-state index contributed by atoms with van der Waals surface area (Å²) in [6.45, 7) is 1.45. The first-order valence-corrected chi connectivity index (χ1v) is 10.9. The Morgan fingerprint density at radius 2 is 1.74 bits per heavy atom. The third-order valence-electron chi connectivity index (χ3n) is 6.02. The summed E-state index contributed by atoms with van der Waals surface area (Å²) in [5.41, 5.74) is -0.517. The van der Waals surface area contributed by atoms with E-state index in [0.29, 0.717) is 11.9 Å². The number of ether oxygens (including phenoxy) is 1. The molecule has 2 aromatic carbocycles. The number of benzene rings is 2. The van der Waals surface area contributed by atoms with E-state index in [-0.39, 0.29) is 17.9 Å². The summed E-state index contributed by atoms with van der Waals surface area (Å²) in [6.07, 6.45) is -2.36. The number of nitrogens with one attached hydrogen (secondary N) is 2. The van der Waals surface area contributed by atoms with E-state index in [4.69, 9.17) is 9.84 Å². The normalized spacial score (nSPS) is 20.8. The van der Waals surface area contributed by atoms with Gasteiger partial charge >= 0.3 is 12.1 Å². The smallest absolute Gasteiger partial charge is 0.450 e. The first-order valence-electron chi connectivity index (χ1n) is 10.9. The number of carboxylic acid groups (broad SMARTS) is 1. The van der Waals surface area contributed by atoms with Gasteiger partial charge in [0.05, 0.1) is 0 Å². The highest BCUT2D eigenvalue weighted by Gasteiger charge is 2.52. The maximum absolute atomic E-state index is 13.2. The second kappa shape index (κ2) is 9.28. The molecule has 0 spiro atoms. The van der Waals surface area contributed by atoms with Crippen molar-refractivity contribution in [2.45, 2.75) is 31.2 Å². The van der Waals surface area contributed by atoms with E-state index in [1.807, 2.05) is 12.1 Å².